The second-order valence-electron chi connectivity index (χ2n) is 4.05. The first kappa shape index (κ1) is 10.8. The standard InChI is InChI=1S/C15H8F2O/c16-13-9-5-1-3-7-11(9)15(18)12-8-4-2-6-10(12)14(13)17/h1-8H. The number of halogens is 2. The zero-order valence-electron chi connectivity index (χ0n) is 9.28. The van der Waals surface area contributed by atoms with Gasteiger partial charge >= 0.3 is 0 Å². The smallest absolute Gasteiger partial charge is 0.194 e. The van der Waals surface area contributed by atoms with Crippen molar-refractivity contribution in [3.8, 4) is 0 Å². The van der Waals surface area contributed by atoms with Gasteiger partial charge in [0, 0.05) is 21.5 Å². The first-order valence-corrected chi connectivity index (χ1v) is 5.49. The molecule has 3 aromatic rings. The fourth-order valence-electron chi connectivity index (χ4n) is 2.13. The van der Waals surface area contributed by atoms with Crippen LogP contribution in [0.15, 0.2) is 53.3 Å². The van der Waals surface area contributed by atoms with Crippen LogP contribution in [0.3, 0.4) is 0 Å². The Labute approximate surface area is 101 Å². The van der Waals surface area contributed by atoms with Crippen LogP contribution in [0.1, 0.15) is 0 Å². The summed E-state index contributed by atoms with van der Waals surface area (Å²) in [6, 6.07) is 12.3. The van der Waals surface area contributed by atoms with E-state index >= 15 is 0 Å². The van der Waals surface area contributed by atoms with Crippen molar-refractivity contribution in [3.05, 3.63) is 70.4 Å². The maximum Gasteiger partial charge on any atom is 0.194 e. The predicted octanol–water partition coefficient (Wildman–Crippen LogP) is 3.63. The van der Waals surface area contributed by atoms with Crippen LogP contribution in [0.25, 0.3) is 21.5 Å². The van der Waals surface area contributed by atoms with Gasteiger partial charge in [-0.3, -0.25) is 4.79 Å². The third kappa shape index (κ3) is 1.40. The summed E-state index contributed by atoms with van der Waals surface area (Å²) in [7, 11) is 0. The molecule has 1 nitrogen and oxygen atoms in total. The van der Waals surface area contributed by atoms with Crippen molar-refractivity contribution in [1.82, 2.24) is 0 Å². The Hall–Kier alpha value is -2.29. The SMILES string of the molecule is O=c1c2ccccc2c(F)c(F)c2ccccc12. The third-order valence-electron chi connectivity index (χ3n) is 3.01. The highest BCUT2D eigenvalue weighted by molar-refractivity contribution is 5.93. The van der Waals surface area contributed by atoms with Gasteiger partial charge in [-0.1, -0.05) is 48.5 Å². The highest BCUT2D eigenvalue weighted by atomic mass is 19.2. The summed E-state index contributed by atoms with van der Waals surface area (Å²) in [5, 5.41) is 0.401. The van der Waals surface area contributed by atoms with Crippen molar-refractivity contribution in [2.24, 2.45) is 0 Å². The molecule has 88 valence electrons. The fourth-order valence-corrected chi connectivity index (χ4v) is 2.13. The monoisotopic (exact) mass is 242 g/mol. The average Bonchev–Trinajstić information content (AvgIpc) is 2.51. The van der Waals surface area contributed by atoms with Gasteiger partial charge < -0.3 is 0 Å². The molecular weight excluding hydrogens is 234 g/mol. The molecule has 0 aliphatic rings. The molecule has 0 amide bonds. The molecule has 0 heterocycles. The minimum atomic E-state index is -0.983. The van der Waals surface area contributed by atoms with Crippen LogP contribution in [0.4, 0.5) is 8.78 Å². The summed E-state index contributed by atoms with van der Waals surface area (Å²) in [5.74, 6) is -1.96. The van der Waals surface area contributed by atoms with Crippen LogP contribution >= 0.6 is 0 Å². The molecule has 0 saturated heterocycles. The van der Waals surface area contributed by atoms with Crippen LogP contribution in [-0.2, 0) is 0 Å². The molecule has 0 unspecified atom stereocenters. The molecule has 0 spiro atoms. The van der Waals surface area contributed by atoms with E-state index in [2.05, 4.69) is 0 Å². The Morgan fingerprint density at radius 3 is 1.33 bits per heavy atom. The number of hydrogen-bond acceptors (Lipinski definition) is 1. The Balaban J connectivity index is 2.79. The number of rotatable bonds is 0. The van der Waals surface area contributed by atoms with E-state index in [1.807, 2.05) is 0 Å². The molecule has 0 aliphatic heterocycles. The van der Waals surface area contributed by atoms with Gasteiger partial charge in [0.25, 0.3) is 0 Å². The summed E-state index contributed by atoms with van der Waals surface area (Å²) < 4.78 is 28.1. The summed E-state index contributed by atoms with van der Waals surface area (Å²) in [6.07, 6.45) is 0. The topological polar surface area (TPSA) is 17.1 Å². The second kappa shape index (κ2) is 3.88. The lowest BCUT2D eigenvalue weighted by molar-refractivity contribution is 0.526. The molecule has 0 radical (unpaired) electrons. The average molecular weight is 242 g/mol. The zero-order valence-corrected chi connectivity index (χ0v) is 9.28. The van der Waals surface area contributed by atoms with E-state index in [0.29, 0.717) is 0 Å². The molecule has 0 aliphatic carbocycles. The molecule has 3 rings (SSSR count). The van der Waals surface area contributed by atoms with Crippen molar-refractivity contribution in [3.63, 3.8) is 0 Å². The molecule has 3 heteroatoms. The normalized spacial score (nSPS) is 11.0. The van der Waals surface area contributed by atoms with Gasteiger partial charge in [-0.05, 0) is 0 Å². The van der Waals surface area contributed by atoms with Gasteiger partial charge in [0.15, 0.2) is 17.1 Å². The molecule has 0 atom stereocenters. The number of fused-ring (bicyclic) bond motifs is 2. The quantitative estimate of drug-likeness (QED) is 0.588. The largest absolute Gasteiger partial charge is 0.289 e. The van der Waals surface area contributed by atoms with E-state index in [0.717, 1.165) is 0 Å². The van der Waals surface area contributed by atoms with Crippen LogP contribution in [-0.4, -0.2) is 0 Å². The fraction of sp³-hybridized carbons (Fsp3) is 0. The first-order valence-electron chi connectivity index (χ1n) is 5.49. The molecule has 0 fully saturated rings. The summed E-state index contributed by atoms with van der Waals surface area (Å²) in [6.45, 7) is 0. The second-order valence-corrected chi connectivity index (χ2v) is 4.05. The van der Waals surface area contributed by atoms with Crippen LogP contribution in [0.5, 0.6) is 0 Å². The summed E-state index contributed by atoms with van der Waals surface area (Å²) >= 11 is 0. The summed E-state index contributed by atoms with van der Waals surface area (Å²) in [5.41, 5.74) is -0.357. The minimum absolute atomic E-state index is 0.0104. The van der Waals surface area contributed by atoms with Gasteiger partial charge in [0.05, 0.1) is 0 Å². The van der Waals surface area contributed by atoms with Crippen LogP contribution < -0.4 is 5.43 Å². The number of hydrogen-bond donors (Lipinski definition) is 0. The van der Waals surface area contributed by atoms with Gasteiger partial charge in [0.1, 0.15) is 0 Å². The van der Waals surface area contributed by atoms with Gasteiger partial charge in [-0.25, -0.2) is 8.78 Å². The molecule has 0 saturated carbocycles. The van der Waals surface area contributed by atoms with Crippen molar-refractivity contribution >= 4 is 21.5 Å². The predicted molar refractivity (Wildman–Crippen MR) is 67.6 cm³/mol. The molecule has 18 heavy (non-hydrogen) atoms. The van der Waals surface area contributed by atoms with Crippen molar-refractivity contribution in [2.45, 2.75) is 0 Å². The van der Waals surface area contributed by atoms with E-state index in [1.165, 1.54) is 24.3 Å². The van der Waals surface area contributed by atoms with E-state index in [-0.39, 0.29) is 27.0 Å². The molecule has 0 bridgehead atoms. The molecule has 0 N–H and O–H groups in total. The van der Waals surface area contributed by atoms with E-state index < -0.39 is 11.6 Å². The maximum absolute atomic E-state index is 14.0. The van der Waals surface area contributed by atoms with E-state index in [9.17, 15) is 13.6 Å². The highest BCUT2D eigenvalue weighted by Gasteiger charge is 2.12. The lowest BCUT2D eigenvalue weighted by Crippen LogP contribution is -1.97. The van der Waals surface area contributed by atoms with Crippen molar-refractivity contribution in [1.29, 1.82) is 0 Å². The Morgan fingerprint density at radius 2 is 0.944 bits per heavy atom. The summed E-state index contributed by atoms with van der Waals surface area (Å²) in [4.78, 5) is 12.3. The third-order valence-corrected chi connectivity index (χ3v) is 3.01. The molecule has 3 aromatic carbocycles. The lowest BCUT2D eigenvalue weighted by Gasteiger charge is -1.93. The van der Waals surface area contributed by atoms with E-state index in [4.69, 9.17) is 0 Å². The van der Waals surface area contributed by atoms with Crippen molar-refractivity contribution < 1.29 is 8.78 Å². The van der Waals surface area contributed by atoms with Gasteiger partial charge in [-0.2, -0.15) is 0 Å². The lowest BCUT2D eigenvalue weighted by atomic mass is 10.1. The van der Waals surface area contributed by atoms with E-state index in [1.54, 1.807) is 24.3 Å². The Kier molecular flexibility index (Phi) is 2.33. The minimum Gasteiger partial charge on any atom is -0.289 e. The van der Waals surface area contributed by atoms with Gasteiger partial charge in [-0.15, -0.1) is 0 Å². The molecular formula is C15H8F2O. The number of benzene rings is 2. The Bertz CT molecular complexity index is 758. The van der Waals surface area contributed by atoms with Crippen molar-refractivity contribution in [2.75, 3.05) is 0 Å². The van der Waals surface area contributed by atoms with Gasteiger partial charge in [0.2, 0.25) is 0 Å². The van der Waals surface area contributed by atoms with Crippen LogP contribution in [0.2, 0.25) is 0 Å². The molecule has 0 aromatic heterocycles. The zero-order chi connectivity index (χ0) is 12.7. The highest BCUT2D eigenvalue weighted by Crippen LogP contribution is 2.22. The Morgan fingerprint density at radius 1 is 0.611 bits per heavy atom. The van der Waals surface area contributed by atoms with Crippen LogP contribution in [0, 0.1) is 11.6 Å². The first-order chi connectivity index (χ1) is 8.70. The maximum atomic E-state index is 14.0.